The maximum atomic E-state index is 9.21. The topological polar surface area (TPSA) is 66.0 Å². The van der Waals surface area contributed by atoms with Gasteiger partial charge in [-0.25, -0.2) is 9.97 Å². The van der Waals surface area contributed by atoms with Crippen LogP contribution in [0.15, 0.2) is 60.9 Å². The Bertz CT molecular complexity index is 1240. The lowest BCUT2D eigenvalue weighted by molar-refractivity contribution is 0.530. The lowest BCUT2D eigenvalue weighted by Gasteiger charge is -2.16. The highest BCUT2D eigenvalue weighted by molar-refractivity contribution is 5.81. The fourth-order valence-electron chi connectivity index (χ4n) is 4.41. The van der Waals surface area contributed by atoms with E-state index in [1.54, 1.807) is 0 Å². The van der Waals surface area contributed by atoms with Crippen LogP contribution in [0.4, 0.5) is 0 Å². The van der Waals surface area contributed by atoms with Crippen LogP contribution < -0.4 is 5.32 Å². The van der Waals surface area contributed by atoms with E-state index in [0.717, 1.165) is 59.8 Å². The summed E-state index contributed by atoms with van der Waals surface area (Å²) in [6.07, 6.45) is 7.13. The minimum absolute atomic E-state index is 0.651. The molecule has 0 bridgehead atoms. The third-order valence-electron chi connectivity index (χ3n) is 6.18. The quantitative estimate of drug-likeness (QED) is 0.517. The number of nitrogens with one attached hydrogen (secondary N) is 1. The van der Waals surface area contributed by atoms with E-state index in [4.69, 9.17) is 4.98 Å². The van der Waals surface area contributed by atoms with Gasteiger partial charge in [0.1, 0.15) is 0 Å². The van der Waals surface area contributed by atoms with Crippen molar-refractivity contribution in [1.82, 2.24) is 19.7 Å². The number of hydrogen-bond donors (Lipinski definition) is 1. The normalized spacial score (nSPS) is 15.9. The van der Waals surface area contributed by atoms with Crippen LogP contribution in [0.25, 0.3) is 28.2 Å². The molecule has 5 nitrogen and oxygen atoms in total. The van der Waals surface area contributed by atoms with Crippen LogP contribution in [0.5, 0.6) is 0 Å². The number of aromatic nitrogens is 3. The van der Waals surface area contributed by atoms with E-state index in [-0.39, 0.29) is 0 Å². The van der Waals surface area contributed by atoms with Gasteiger partial charge in [0.05, 0.1) is 28.7 Å². The molecule has 5 rings (SSSR count). The molecule has 1 fully saturated rings. The molecular formula is C26H25N5. The first-order chi connectivity index (χ1) is 15.2. The first-order valence-electron chi connectivity index (χ1n) is 10.9. The number of rotatable bonds is 5. The van der Waals surface area contributed by atoms with Crippen LogP contribution in [0, 0.1) is 24.2 Å². The molecule has 0 spiro atoms. The van der Waals surface area contributed by atoms with Gasteiger partial charge >= 0.3 is 0 Å². The summed E-state index contributed by atoms with van der Waals surface area (Å²) in [5.41, 5.74) is 7.91. The number of imidazole rings is 1. The zero-order valence-electron chi connectivity index (χ0n) is 17.7. The predicted octanol–water partition coefficient (Wildman–Crippen LogP) is 4.79. The lowest BCUT2D eigenvalue weighted by atomic mass is 9.99. The SMILES string of the molecule is Cc1ccc(-c2c(-c3ccc(C#N)cc3)nc(CCC3CCNC3)c3nccn23)cc1. The Balaban J connectivity index is 1.67. The van der Waals surface area contributed by atoms with Crippen molar-refractivity contribution >= 4 is 5.65 Å². The highest BCUT2D eigenvalue weighted by Gasteiger charge is 2.20. The number of nitriles is 1. The second-order valence-corrected chi connectivity index (χ2v) is 8.33. The summed E-state index contributed by atoms with van der Waals surface area (Å²) in [7, 11) is 0. The highest BCUT2D eigenvalue weighted by atomic mass is 15.0. The molecule has 0 saturated carbocycles. The molecule has 0 aliphatic carbocycles. The number of nitrogens with zero attached hydrogens (tertiary/aromatic N) is 4. The Morgan fingerprint density at radius 3 is 2.58 bits per heavy atom. The second-order valence-electron chi connectivity index (χ2n) is 8.33. The largest absolute Gasteiger partial charge is 0.316 e. The maximum absolute atomic E-state index is 9.21. The molecule has 3 heterocycles. The van der Waals surface area contributed by atoms with Gasteiger partial charge in [-0.15, -0.1) is 0 Å². The smallest absolute Gasteiger partial charge is 0.159 e. The van der Waals surface area contributed by atoms with Crippen LogP contribution in [-0.4, -0.2) is 27.5 Å². The van der Waals surface area contributed by atoms with Gasteiger partial charge < -0.3 is 5.32 Å². The van der Waals surface area contributed by atoms with Crippen LogP contribution in [-0.2, 0) is 6.42 Å². The molecule has 1 aliphatic rings. The minimum Gasteiger partial charge on any atom is -0.316 e. The highest BCUT2D eigenvalue weighted by Crippen LogP contribution is 2.33. The second kappa shape index (κ2) is 8.33. The van der Waals surface area contributed by atoms with E-state index in [2.05, 4.69) is 52.0 Å². The summed E-state index contributed by atoms with van der Waals surface area (Å²) in [6, 6.07) is 18.4. The van der Waals surface area contributed by atoms with Gasteiger partial charge in [0.25, 0.3) is 0 Å². The average molecular weight is 408 g/mol. The fourth-order valence-corrected chi connectivity index (χ4v) is 4.41. The Kier molecular flexibility index (Phi) is 5.23. The van der Waals surface area contributed by atoms with Crippen molar-refractivity contribution in [2.75, 3.05) is 13.1 Å². The molecule has 1 unspecified atom stereocenters. The van der Waals surface area contributed by atoms with E-state index in [1.807, 2.05) is 36.7 Å². The maximum Gasteiger partial charge on any atom is 0.159 e. The monoisotopic (exact) mass is 407 g/mol. The van der Waals surface area contributed by atoms with Gasteiger partial charge in [-0.3, -0.25) is 4.40 Å². The summed E-state index contributed by atoms with van der Waals surface area (Å²) in [4.78, 5) is 9.84. The van der Waals surface area contributed by atoms with Crippen molar-refractivity contribution < 1.29 is 0 Å². The Morgan fingerprint density at radius 2 is 1.87 bits per heavy atom. The molecule has 154 valence electrons. The van der Waals surface area contributed by atoms with Crippen LogP contribution in [0.2, 0.25) is 0 Å². The molecule has 2 aromatic carbocycles. The van der Waals surface area contributed by atoms with Crippen LogP contribution in [0.3, 0.4) is 0 Å². The summed E-state index contributed by atoms with van der Waals surface area (Å²) < 4.78 is 2.17. The predicted molar refractivity (Wildman–Crippen MR) is 123 cm³/mol. The molecule has 1 N–H and O–H groups in total. The van der Waals surface area contributed by atoms with Crippen molar-refractivity contribution in [1.29, 1.82) is 5.26 Å². The van der Waals surface area contributed by atoms with Gasteiger partial charge in [0.2, 0.25) is 0 Å². The number of aryl methyl sites for hydroxylation is 2. The zero-order chi connectivity index (χ0) is 21.2. The molecular weight excluding hydrogens is 382 g/mol. The summed E-state index contributed by atoms with van der Waals surface area (Å²) in [5.74, 6) is 0.701. The van der Waals surface area contributed by atoms with Crippen molar-refractivity contribution in [3.05, 3.63) is 77.7 Å². The Hall–Kier alpha value is -3.49. The Morgan fingerprint density at radius 1 is 1.10 bits per heavy atom. The van der Waals surface area contributed by atoms with E-state index < -0.39 is 0 Å². The molecule has 1 atom stereocenters. The summed E-state index contributed by atoms with van der Waals surface area (Å²) in [5, 5.41) is 12.7. The minimum atomic E-state index is 0.651. The lowest BCUT2D eigenvalue weighted by Crippen LogP contribution is -2.11. The fraction of sp³-hybridized carbons (Fsp3) is 0.269. The van der Waals surface area contributed by atoms with Crippen LogP contribution >= 0.6 is 0 Å². The van der Waals surface area contributed by atoms with Crippen molar-refractivity contribution in [3.63, 3.8) is 0 Å². The van der Waals surface area contributed by atoms with Crippen molar-refractivity contribution in [2.45, 2.75) is 26.2 Å². The first kappa shape index (κ1) is 19.5. The molecule has 1 saturated heterocycles. The molecule has 0 radical (unpaired) electrons. The van der Waals surface area contributed by atoms with E-state index >= 15 is 0 Å². The van der Waals surface area contributed by atoms with E-state index in [9.17, 15) is 5.26 Å². The van der Waals surface area contributed by atoms with Crippen LogP contribution in [0.1, 0.15) is 29.7 Å². The third-order valence-corrected chi connectivity index (χ3v) is 6.18. The number of hydrogen-bond acceptors (Lipinski definition) is 4. The number of fused-ring (bicyclic) bond motifs is 1. The molecule has 5 heteroatoms. The van der Waals surface area contributed by atoms with Gasteiger partial charge in [-0.2, -0.15) is 5.26 Å². The average Bonchev–Trinajstić information content (AvgIpc) is 3.50. The first-order valence-corrected chi connectivity index (χ1v) is 10.9. The number of benzene rings is 2. The molecule has 2 aromatic heterocycles. The standard InChI is InChI=1S/C26H25N5/c1-18-2-7-22(8-3-18)25-24(21-9-4-19(16-27)5-10-21)30-23(26-29-14-15-31(25)26)11-6-20-12-13-28-17-20/h2-5,7-10,14-15,20,28H,6,11-13,17H2,1H3. The molecule has 1 aliphatic heterocycles. The molecule has 0 amide bonds. The van der Waals surface area contributed by atoms with Gasteiger partial charge in [-0.1, -0.05) is 42.0 Å². The van der Waals surface area contributed by atoms with E-state index in [1.165, 1.54) is 12.0 Å². The molecule has 4 aromatic rings. The Labute approximate surface area is 182 Å². The van der Waals surface area contributed by atoms with Gasteiger partial charge in [-0.05, 0) is 57.3 Å². The third kappa shape index (κ3) is 3.83. The van der Waals surface area contributed by atoms with Crippen molar-refractivity contribution in [3.8, 4) is 28.6 Å². The van der Waals surface area contributed by atoms with E-state index in [0.29, 0.717) is 11.5 Å². The zero-order valence-corrected chi connectivity index (χ0v) is 17.7. The van der Waals surface area contributed by atoms with Gasteiger partial charge in [0, 0.05) is 23.5 Å². The summed E-state index contributed by atoms with van der Waals surface area (Å²) >= 11 is 0. The van der Waals surface area contributed by atoms with Crippen molar-refractivity contribution in [2.24, 2.45) is 5.92 Å². The molecule has 31 heavy (non-hydrogen) atoms. The van der Waals surface area contributed by atoms with Gasteiger partial charge in [0.15, 0.2) is 5.65 Å². The summed E-state index contributed by atoms with van der Waals surface area (Å²) in [6.45, 7) is 4.30.